The van der Waals surface area contributed by atoms with Crippen molar-refractivity contribution in [3.63, 3.8) is 0 Å². The average Bonchev–Trinajstić information content (AvgIpc) is 2.20. The van der Waals surface area contributed by atoms with Gasteiger partial charge in [0.15, 0.2) is 0 Å². The molecule has 0 fully saturated rings. The summed E-state index contributed by atoms with van der Waals surface area (Å²) in [5.74, 6) is -0.590. The van der Waals surface area contributed by atoms with Crippen molar-refractivity contribution in [2.75, 3.05) is 7.11 Å². The highest BCUT2D eigenvalue weighted by Gasteiger charge is 2.07. The van der Waals surface area contributed by atoms with E-state index in [4.69, 9.17) is 5.21 Å². The summed E-state index contributed by atoms with van der Waals surface area (Å²) in [6, 6.07) is 4.10. The van der Waals surface area contributed by atoms with Crippen LogP contribution in [0.4, 0.5) is 0 Å². The zero-order valence-electron chi connectivity index (χ0n) is 7.47. The second kappa shape index (κ2) is 4.27. The molecule has 14 heavy (non-hydrogen) atoms. The fraction of sp³-hybridized carbons (Fsp3) is 0.111. The van der Waals surface area contributed by atoms with Crippen LogP contribution < -0.4 is 0 Å². The number of carbonyl (C=O) groups is 1. The molecule has 0 aliphatic heterocycles. The molecule has 0 saturated carbocycles. The van der Waals surface area contributed by atoms with E-state index in [-0.39, 0.29) is 16.9 Å². The molecule has 0 radical (unpaired) electrons. The Kier molecular flexibility index (Phi) is 3.06. The number of methoxy groups -OCH3 is 1. The van der Waals surface area contributed by atoms with Crippen LogP contribution in [-0.2, 0) is 4.74 Å². The number of carbonyl (C=O) groups excluding carboxylic acids is 1. The predicted molar refractivity (Wildman–Crippen MR) is 48.8 cm³/mol. The van der Waals surface area contributed by atoms with Gasteiger partial charge in [0.1, 0.15) is 5.75 Å². The van der Waals surface area contributed by atoms with Gasteiger partial charge in [-0.2, -0.15) is 0 Å². The van der Waals surface area contributed by atoms with Gasteiger partial charge in [-0.1, -0.05) is 5.16 Å². The minimum Gasteiger partial charge on any atom is -0.507 e. The van der Waals surface area contributed by atoms with Gasteiger partial charge < -0.3 is 15.1 Å². The summed E-state index contributed by atoms with van der Waals surface area (Å²) in [6.07, 6.45) is 1.03. The zero-order chi connectivity index (χ0) is 10.6. The van der Waals surface area contributed by atoms with Crippen LogP contribution in [-0.4, -0.2) is 29.6 Å². The van der Waals surface area contributed by atoms with Crippen LogP contribution in [0.2, 0.25) is 0 Å². The average molecular weight is 195 g/mol. The van der Waals surface area contributed by atoms with E-state index >= 15 is 0 Å². The van der Waals surface area contributed by atoms with Gasteiger partial charge in [-0.3, -0.25) is 0 Å². The van der Waals surface area contributed by atoms with E-state index in [1.54, 1.807) is 0 Å². The minimum absolute atomic E-state index is 0.0737. The third kappa shape index (κ3) is 2.01. The molecule has 0 aliphatic rings. The number of benzene rings is 1. The van der Waals surface area contributed by atoms with Crippen molar-refractivity contribution in [2.45, 2.75) is 0 Å². The number of hydrogen-bond donors (Lipinski definition) is 2. The van der Waals surface area contributed by atoms with Crippen molar-refractivity contribution in [2.24, 2.45) is 5.16 Å². The van der Waals surface area contributed by atoms with E-state index in [1.807, 2.05) is 0 Å². The number of oxime groups is 1. The number of aromatic hydroxyl groups is 1. The van der Waals surface area contributed by atoms with Gasteiger partial charge in [-0.25, -0.2) is 4.79 Å². The highest BCUT2D eigenvalue weighted by atomic mass is 16.5. The van der Waals surface area contributed by atoms with Crippen LogP contribution in [0.25, 0.3) is 0 Å². The fourth-order valence-electron chi connectivity index (χ4n) is 0.965. The maximum Gasteiger partial charge on any atom is 0.337 e. The molecule has 0 atom stereocenters. The van der Waals surface area contributed by atoms with Crippen LogP contribution >= 0.6 is 0 Å². The lowest BCUT2D eigenvalue weighted by molar-refractivity contribution is 0.0600. The molecule has 0 aromatic heterocycles. The van der Waals surface area contributed by atoms with Crippen LogP contribution in [0.3, 0.4) is 0 Å². The lowest BCUT2D eigenvalue weighted by atomic mass is 10.1. The van der Waals surface area contributed by atoms with E-state index in [0.717, 1.165) is 6.21 Å². The summed E-state index contributed by atoms with van der Waals surface area (Å²) in [7, 11) is 1.26. The lowest BCUT2D eigenvalue weighted by Gasteiger charge is -2.01. The maximum absolute atomic E-state index is 11.1. The fourth-order valence-corrected chi connectivity index (χ4v) is 0.965. The van der Waals surface area contributed by atoms with Crippen molar-refractivity contribution < 1.29 is 19.8 Å². The van der Waals surface area contributed by atoms with Gasteiger partial charge in [-0.15, -0.1) is 0 Å². The summed E-state index contributed by atoms with van der Waals surface area (Å²) >= 11 is 0. The molecule has 0 aliphatic carbocycles. The molecule has 1 rings (SSSR count). The molecular formula is C9H9NO4. The number of phenols is 1. The number of hydrogen-bond acceptors (Lipinski definition) is 5. The molecule has 0 spiro atoms. The first-order valence-corrected chi connectivity index (χ1v) is 3.78. The van der Waals surface area contributed by atoms with Crippen molar-refractivity contribution in [1.29, 1.82) is 0 Å². The van der Waals surface area contributed by atoms with Gasteiger partial charge in [0.05, 0.1) is 18.9 Å². The third-order valence-corrected chi connectivity index (χ3v) is 1.65. The van der Waals surface area contributed by atoms with Crippen molar-refractivity contribution in [3.8, 4) is 5.75 Å². The van der Waals surface area contributed by atoms with Gasteiger partial charge in [0, 0.05) is 5.56 Å². The Morgan fingerprint density at radius 3 is 2.86 bits per heavy atom. The summed E-state index contributed by atoms with van der Waals surface area (Å²) in [4.78, 5) is 11.1. The van der Waals surface area contributed by atoms with Crippen molar-refractivity contribution >= 4 is 12.2 Å². The van der Waals surface area contributed by atoms with Crippen molar-refractivity contribution in [3.05, 3.63) is 29.3 Å². The van der Waals surface area contributed by atoms with E-state index in [9.17, 15) is 9.90 Å². The second-order valence-corrected chi connectivity index (χ2v) is 2.51. The number of phenolic OH excluding ortho intramolecular Hbond substituents is 1. The summed E-state index contributed by atoms with van der Waals surface area (Å²) in [5, 5.41) is 20.3. The number of nitrogens with zero attached hydrogens (tertiary/aromatic N) is 1. The molecule has 0 bridgehead atoms. The molecule has 5 heteroatoms. The lowest BCUT2D eigenvalue weighted by Crippen LogP contribution is -2.01. The molecule has 74 valence electrons. The quantitative estimate of drug-likeness (QED) is 0.319. The Labute approximate surface area is 80.2 Å². The normalized spacial score (nSPS) is 10.4. The first-order valence-electron chi connectivity index (χ1n) is 3.78. The monoisotopic (exact) mass is 195 g/mol. The first-order chi connectivity index (χ1) is 6.69. The summed E-state index contributed by atoms with van der Waals surface area (Å²) in [5.41, 5.74) is 0.524. The Bertz CT molecular complexity index is 373. The highest BCUT2D eigenvalue weighted by molar-refractivity contribution is 5.93. The van der Waals surface area contributed by atoms with Gasteiger partial charge in [-0.05, 0) is 18.2 Å². The molecule has 2 N–H and O–H groups in total. The number of rotatable bonds is 2. The van der Waals surface area contributed by atoms with Crippen LogP contribution in [0, 0.1) is 0 Å². The Balaban J connectivity index is 3.12. The van der Waals surface area contributed by atoms with Crippen molar-refractivity contribution in [1.82, 2.24) is 0 Å². The molecule has 5 nitrogen and oxygen atoms in total. The summed E-state index contributed by atoms with van der Waals surface area (Å²) < 4.78 is 4.48. The largest absolute Gasteiger partial charge is 0.507 e. The van der Waals surface area contributed by atoms with Crippen LogP contribution in [0.1, 0.15) is 15.9 Å². The zero-order valence-corrected chi connectivity index (χ0v) is 7.47. The molecule has 1 aromatic carbocycles. The third-order valence-electron chi connectivity index (χ3n) is 1.65. The predicted octanol–water partition coefficient (Wildman–Crippen LogP) is 0.987. The molecule has 0 amide bonds. The number of esters is 1. The SMILES string of the molecule is COC(=O)c1ccc(O)c(/C=N/O)c1. The van der Waals surface area contributed by atoms with E-state index < -0.39 is 5.97 Å². The highest BCUT2D eigenvalue weighted by Crippen LogP contribution is 2.16. The topological polar surface area (TPSA) is 79.1 Å². The van der Waals surface area contributed by atoms with E-state index in [2.05, 4.69) is 9.89 Å². The molecular weight excluding hydrogens is 186 g/mol. The van der Waals surface area contributed by atoms with E-state index in [0.29, 0.717) is 0 Å². The summed E-state index contributed by atoms with van der Waals surface area (Å²) in [6.45, 7) is 0. The standard InChI is InChI=1S/C9H9NO4/c1-14-9(12)6-2-3-8(11)7(4-6)5-10-13/h2-5,11,13H,1H3/b10-5+. The molecule has 1 aromatic rings. The van der Waals surface area contributed by atoms with Gasteiger partial charge >= 0.3 is 5.97 Å². The number of ether oxygens (including phenoxy) is 1. The van der Waals surface area contributed by atoms with Crippen LogP contribution in [0.5, 0.6) is 5.75 Å². The second-order valence-electron chi connectivity index (χ2n) is 2.51. The minimum atomic E-state index is -0.516. The molecule has 0 heterocycles. The Hall–Kier alpha value is -2.04. The first kappa shape index (κ1) is 10.0. The Morgan fingerprint density at radius 2 is 2.29 bits per heavy atom. The van der Waals surface area contributed by atoms with Crippen LogP contribution in [0.15, 0.2) is 23.4 Å². The smallest absolute Gasteiger partial charge is 0.337 e. The van der Waals surface area contributed by atoms with E-state index in [1.165, 1.54) is 25.3 Å². The maximum atomic E-state index is 11.1. The molecule has 0 unspecified atom stereocenters. The Morgan fingerprint density at radius 1 is 1.57 bits per heavy atom. The van der Waals surface area contributed by atoms with Gasteiger partial charge in [0.2, 0.25) is 0 Å². The molecule has 0 saturated heterocycles. The van der Waals surface area contributed by atoms with Gasteiger partial charge in [0.25, 0.3) is 0 Å².